The van der Waals surface area contributed by atoms with E-state index in [1.165, 1.54) is 34.4 Å². The largest absolute Gasteiger partial charge is 0.283 e. The quantitative estimate of drug-likeness (QED) is 0.320. The Morgan fingerprint density at radius 2 is 1.73 bits per heavy atom. The van der Waals surface area contributed by atoms with Crippen molar-refractivity contribution in [2.24, 2.45) is 0 Å². The van der Waals surface area contributed by atoms with Crippen LogP contribution in [-0.4, -0.2) is 15.8 Å². The number of nitro groups is 1. The molecule has 4 aromatic rings. The Morgan fingerprint density at radius 1 is 1.00 bits per heavy atom. The fourth-order valence-electron chi connectivity index (χ4n) is 3.05. The molecule has 0 fully saturated rings. The number of benzene rings is 3. The van der Waals surface area contributed by atoms with Crippen LogP contribution in [-0.2, 0) is 17.8 Å². The van der Waals surface area contributed by atoms with Gasteiger partial charge in [-0.1, -0.05) is 59.9 Å². The highest BCUT2D eigenvalue weighted by Crippen LogP contribution is 2.31. The molecule has 0 atom stereocenters. The Bertz CT molecular complexity index is 1210. The van der Waals surface area contributed by atoms with Gasteiger partial charge in [0, 0.05) is 12.1 Å². The maximum Gasteiger partial charge on any atom is 0.269 e. The van der Waals surface area contributed by atoms with Gasteiger partial charge in [-0.2, -0.15) is 0 Å². The molecule has 0 unspecified atom stereocenters. The molecule has 0 aliphatic rings. The first-order valence-electron chi connectivity index (χ1n) is 9.14. The Labute approximate surface area is 175 Å². The van der Waals surface area contributed by atoms with Crippen molar-refractivity contribution in [3.05, 3.63) is 99.9 Å². The number of carbonyl (C=O) groups excluding carboxylic acids is 1. The standard InChI is InChI=1S/C22H16FN3O3S/c23-18-7-4-8-19-21(18)24-22(30-19)25(14-16-5-2-1-3-6-16)20(27)13-15-9-11-17(12-10-15)26(28)29/h1-12H,13-14H2. The van der Waals surface area contributed by atoms with Gasteiger partial charge in [0.05, 0.1) is 22.6 Å². The smallest absolute Gasteiger partial charge is 0.269 e. The summed E-state index contributed by atoms with van der Waals surface area (Å²) in [6.45, 7) is 0.286. The summed E-state index contributed by atoms with van der Waals surface area (Å²) in [6.07, 6.45) is 0.0449. The minimum atomic E-state index is -0.483. The first-order valence-corrected chi connectivity index (χ1v) is 9.95. The van der Waals surface area contributed by atoms with E-state index >= 15 is 0 Å². The number of aromatic nitrogens is 1. The SMILES string of the molecule is O=C(Cc1ccc([N+](=O)[O-])cc1)N(Cc1ccccc1)c1nc2c(F)cccc2s1. The first kappa shape index (κ1) is 19.7. The Kier molecular flexibility index (Phi) is 5.49. The molecule has 0 N–H and O–H groups in total. The minimum absolute atomic E-state index is 0.0333. The molecule has 8 heteroatoms. The molecular formula is C22H16FN3O3S. The number of anilines is 1. The highest BCUT2D eigenvalue weighted by Gasteiger charge is 2.21. The lowest BCUT2D eigenvalue weighted by atomic mass is 10.1. The number of carbonyl (C=O) groups is 1. The van der Waals surface area contributed by atoms with Gasteiger partial charge < -0.3 is 0 Å². The second-order valence-electron chi connectivity index (χ2n) is 6.65. The third kappa shape index (κ3) is 4.18. The molecule has 0 radical (unpaired) electrons. The molecular weight excluding hydrogens is 405 g/mol. The number of hydrogen-bond acceptors (Lipinski definition) is 5. The summed E-state index contributed by atoms with van der Waals surface area (Å²) in [5, 5.41) is 11.2. The van der Waals surface area contributed by atoms with Gasteiger partial charge in [0.2, 0.25) is 5.91 Å². The molecule has 150 valence electrons. The molecule has 0 aliphatic heterocycles. The van der Waals surface area contributed by atoms with Crippen LogP contribution >= 0.6 is 11.3 Å². The van der Waals surface area contributed by atoms with Crippen LogP contribution in [0.2, 0.25) is 0 Å². The topological polar surface area (TPSA) is 76.3 Å². The number of para-hydroxylation sites is 1. The van der Waals surface area contributed by atoms with E-state index in [1.54, 1.807) is 24.3 Å². The number of thiazole rings is 1. The lowest BCUT2D eigenvalue weighted by Gasteiger charge is -2.20. The summed E-state index contributed by atoms with van der Waals surface area (Å²) < 4.78 is 14.8. The fraction of sp³-hybridized carbons (Fsp3) is 0.0909. The first-order chi connectivity index (χ1) is 14.5. The number of halogens is 1. The van der Waals surface area contributed by atoms with E-state index in [0.717, 1.165) is 5.56 Å². The average molecular weight is 421 g/mol. The van der Waals surface area contributed by atoms with Gasteiger partial charge in [-0.25, -0.2) is 9.37 Å². The summed E-state index contributed by atoms with van der Waals surface area (Å²) in [5.74, 6) is -0.662. The number of fused-ring (bicyclic) bond motifs is 1. The second kappa shape index (κ2) is 8.38. The van der Waals surface area contributed by atoms with E-state index in [2.05, 4.69) is 4.98 Å². The van der Waals surface area contributed by atoms with E-state index in [4.69, 9.17) is 0 Å². The highest BCUT2D eigenvalue weighted by atomic mass is 32.1. The van der Waals surface area contributed by atoms with Gasteiger partial charge in [-0.3, -0.25) is 19.8 Å². The number of nitro benzene ring substituents is 1. The molecule has 0 aliphatic carbocycles. The van der Waals surface area contributed by atoms with Crippen LogP contribution in [0.5, 0.6) is 0 Å². The van der Waals surface area contributed by atoms with Crippen molar-refractivity contribution in [3.63, 3.8) is 0 Å². The Morgan fingerprint density at radius 3 is 2.40 bits per heavy atom. The Hall–Kier alpha value is -3.65. The van der Waals surface area contributed by atoms with Crippen LogP contribution in [0.25, 0.3) is 10.2 Å². The molecule has 1 heterocycles. The van der Waals surface area contributed by atoms with E-state index < -0.39 is 10.7 Å². The highest BCUT2D eigenvalue weighted by molar-refractivity contribution is 7.22. The third-order valence-electron chi connectivity index (χ3n) is 4.58. The van der Waals surface area contributed by atoms with Crippen LogP contribution in [0.15, 0.2) is 72.8 Å². The zero-order chi connectivity index (χ0) is 21.1. The number of nitrogens with zero attached hydrogens (tertiary/aromatic N) is 3. The van der Waals surface area contributed by atoms with E-state index in [-0.39, 0.29) is 30.1 Å². The number of amides is 1. The summed E-state index contributed by atoms with van der Waals surface area (Å²) in [6, 6.07) is 20.0. The molecule has 30 heavy (non-hydrogen) atoms. The van der Waals surface area contributed by atoms with Gasteiger partial charge in [-0.05, 0) is 23.3 Å². The maximum atomic E-state index is 14.1. The zero-order valence-electron chi connectivity index (χ0n) is 15.7. The minimum Gasteiger partial charge on any atom is -0.283 e. The monoisotopic (exact) mass is 421 g/mol. The molecule has 4 rings (SSSR count). The summed E-state index contributed by atoms with van der Waals surface area (Å²) >= 11 is 1.25. The predicted molar refractivity (Wildman–Crippen MR) is 114 cm³/mol. The molecule has 3 aromatic carbocycles. The maximum absolute atomic E-state index is 14.1. The zero-order valence-corrected chi connectivity index (χ0v) is 16.5. The van der Waals surface area contributed by atoms with Gasteiger partial charge >= 0.3 is 0 Å². The molecule has 0 saturated carbocycles. The van der Waals surface area contributed by atoms with Crippen LogP contribution < -0.4 is 4.90 Å². The lowest BCUT2D eigenvalue weighted by molar-refractivity contribution is -0.384. The average Bonchev–Trinajstić information content (AvgIpc) is 3.18. The van der Waals surface area contributed by atoms with Crippen LogP contribution in [0.1, 0.15) is 11.1 Å². The van der Waals surface area contributed by atoms with Gasteiger partial charge in [0.25, 0.3) is 5.69 Å². The van der Waals surface area contributed by atoms with Gasteiger partial charge in [-0.15, -0.1) is 0 Å². The normalized spacial score (nSPS) is 10.8. The van der Waals surface area contributed by atoms with Crippen molar-refractivity contribution >= 4 is 38.3 Å². The molecule has 6 nitrogen and oxygen atoms in total. The fourth-order valence-corrected chi connectivity index (χ4v) is 4.05. The van der Waals surface area contributed by atoms with Crippen LogP contribution in [0, 0.1) is 15.9 Å². The summed E-state index contributed by atoms with van der Waals surface area (Å²) in [5.41, 5.74) is 1.76. The number of hydrogen-bond donors (Lipinski definition) is 0. The van der Waals surface area contributed by atoms with Gasteiger partial charge in [0.1, 0.15) is 11.3 Å². The van der Waals surface area contributed by atoms with Crippen molar-refractivity contribution in [3.8, 4) is 0 Å². The van der Waals surface area contributed by atoms with Crippen molar-refractivity contribution < 1.29 is 14.1 Å². The molecule has 0 spiro atoms. The third-order valence-corrected chi connectivity index (χ3v) is 5.62. The Balaban J connectivity index is 1.66. The van der Waals surface area contributed by atoms with E-state index in [1.807, 2.05) is 30.3 Å². The van der Waals surface area contributed by atoms with Gasteiger partial charge in [0.15, 0.2) is 5.13 Å². The second-order valence-corrected chi connectivity index (χ2v) is 7.66. The van der Waals surface area contributed by atoms with Crippen LogP contribution in [0.3, 0.4) is 0 Å². The van der Waals surface area contributed by atoms with Crippen LogP contribution in [0.4, 0.5) is 15.2 Å². The molecule has 0 saturated heterocycles. The van der Waals surface area contributed by atoms with Crippen molar-refractivity contribution in [1.82, 2.24) is 4.98 Å². The molecule has 1 amide bonds. The number of rotatable bonds is 6. The molecule has 0 bridgehead atoms. The van der Waals surface area contributed by atoms with E-state index in [0.29, 0.717) is 15.4 Å². The summed E-state index contributed by atoms with van der Waals surface area (Å²) in [7, 11) is 0. The van der Waals surface area contributed by atoms with Crippen molar-refractivity contribution in [1.29, 1.82) is 0 Å². The van der Waals surface area contributed by atoms with Crippen molar-refractivity contribution in [2.45, 2.75) is 13.0 Å². The molecule has 1 aromatic heterocycles. The number of non-ortho nitro benzene ring substituents is 1. The van der Waals surface area contributed by atoms with E-state index in [9.17, 15) is 19.3 Å². The lowest BCUT2D eigenvalue weighted by Crippen LogP contribution is -2.31. The summed E-state index contributed by atoms with van der Waals surface area (Å²) in [4.78, 5) is 29.4. The predicted octanol–water partition coefficient (Wildman–Crippen LogP) is 5.12. The van der Waals surface area contributed by atoms with Crippen molar-refractivity contribution in [2.75, 3.05) is 4.90 Å².